The third-order valence-electron chi connectivity index (χ3n) is 7.97. The Balaban J connectivity index is 6.00. The first-order valence-corrected chi connectivity index (χ1v) is 18.7. The van der Waals surface area contributed by atoms with Crippen LogP contribution in [-0.2, 0) is 67.1 Å². The summed E-state index contributed by atoms with van der Waals surface area (Å²) < 4.78 is 0. The minimum Gasteiger partial charge on any atom is -0.481 e. The molecule has 0 rings (SSSR count). The average Bonchev–Trinajstić information content (AvgIpc) is 3.20. The van der Waals surface area contributed by atoms with Gasteiger partial charge in [-0.2, -0.15) is 0 Å². The summed E-state index contributed by atoms with van der Waals surface area (Å²) in [6, 6.07) is -12.3. The summed E-state index contributed by atoms with van der Waals surface area (Å²) in [5.41, 5.74) is 10.5. The summed E-state index contributed by atoms with van der Waals surface area (Å²) in [6.07, 6.45) is -4.72. The number of aliphatic hydroxyl groups is 1. The number of hydrogen-bond donors (Lipinski definition) is 17. The van der Waals surface area contributed by atoms with Crippen LogP contribution in [-0.4, -0.2) is 189 Å². The maximum atomic E-state index is 13.3. The largest absolute Gasteiger partial charge is 0.481 e. The van der Waals surface area contributed by atoms with Crippen molar-refractivity contribution in [2.24, 2.45) is 11.5 Å². The smallest absolute Gasteiger partial charge is 0.326 e. The molecule has 0 spiro atoms. The Bertz CT molecular complexity index is 1760. The molecule has 0 fully saturated rings. The fourth-order valence-corrected chi connectivity index (χ4v) is 4.82. The lowest BCUT2D eigenvalue weighted by Gasteiger charge is -2.26. The molecule has 6 atom stereocenters. The van der Waals surface area contributed by atoms with E-state index >= 15 is 0 Å². The number of aliphatic carboxylic acids is 5. The van der Waals surface area contributed by atoms with Crippen LogP contribution in [0.3, 0.4) is 0 Å². The predicted molar refractivity (Wildman–Crippen MR) is 206 cm³/mol. The highest BCUT2D eigenvalue weighted by Crippen LogP contribution is 2.06. The highest BCUT2D eigenvalue weighted by Gasteiger charge is 2.36. The highest BCUT2D eigenvalue weighted by atomic mass is 16.4. The first-order valence-electron chi connectivity index (χ1n) is 18.7. The van der Waals surface area contributed by atoms with E-state index in [0.717, 1.165) is 0 Å². The van der Waals surface area contributed by atoms with E-state index in [1.807, 2.05) is 37.2 Å². The van der Waals surface area contributed by atoms with E-state index in [0.29, 0.717) is 6.42 Å². The minimum absolute atomic E-state index is 0.163. The van der Waals surface area contributed by atoms with Crippen molar-refractivity contribution in [3.05, 3.63) is 0 Å². The van der Waals surface area contributed by atoms with Crippen LogP contribution < -0.4 is 59.3 Å². The van der Waals surface area contributed by atoms with Crippen molar-refractivity contribution < 1.29 is 97.8 Å². The third kappa shape index (κ3) is 24.0. The van der Waals surface area contributed by atoms with Crippen LogP contribution in [0, 0.1) is 0 Å². The van der Waals surface area contributed by atoms with Gasteiger partial charge < -0.3 is 90.0 Å². The van der Waals surface area contributed by atoms with Crippen molar-refractivity contribution in [3.63, 3.8) is 0 Å². The number of carbonyl (C=O) groups excluding carboxylic acids is 9. The molecule has 0 saturated carbocycles. The van der Waals surface area contributed by atoms with Gasteiger partial charge in [-0.25, -0.2) is 4.79 Å². The van der Waals surface area contributed by atoms with Crippen LogP contribution in [0.2, 0.25) is 0 Å². The topological polar surface area (TPSA) is 521 Å². The second kappa shape index (κ2) is 29.7. The van der Waals surface area contributed by atoms with Crippen molar-refractivity contribution in [2.75, 3.05) is 39.3 Å². The van der Waals surface area contributed by atoms with Crippen LogP contribution in [0.5, 0.6) is 0 Å². The van der Waals surface area contributed by atoms with Gasteiger partial charge in [0, 0.05) is 0 Å². The lowest BCUT2D eigenvalue weighted by molar-refractivity contribution is -0.145. The van der Waals surface area contributed by atoms with Gasteiger partial charge in [0.25, 0.3) is 0 Å². The Morgan fingerprint density at radius 2 is 0.703 bits per heavy atom. The molecule has 358 valence electrons. The van der Waals surface area contributed by atoms with Gasteiger partial charge in [0.15, 0.2) is 0 Å². The molecule has 0 aliphatic carbocycles. The van der Waals surface area contributed by atoms with Crippen molar-refractivity contribution >= 4 is 83.0 Å². The number of hydrogen-bond acceptors (Lipinski definition) is 17. The minimum atomic E-state index is -2.28. The van der Waals surface area contributed by atoms with Crippen LogP contribution in [0.1, 0.15) is 44.9 Å². The molecule has 0 saturated heterocycles. The molecule has 0 aliphatic rings. The van der Waals surface area contributed by atoms with Crippen molar-refractivity contribution in [1.29, 1.82) is 0 Å². The Morgan fingerprint density at radius 1 is 0.391 bits per heavy atom. The number of aliphatic hydroxyl groups excluding tert-OH is 1. The molecule has 64 heavy (non-hydrogen) atoms. The van der Waals surface area contributed by atoms with Gasteiger partial charge in [-0.1, -0.05) is 0 Å². The molecule has 0 aromatic carbocycles. The molecule has 0 unspecified atom stereocenters. The fourth-order valence-electron chi connectivity index (χ4n) is 4.82. The van der Waals surface area contributed by atoms with E-state index in [1.165, 1.54) is 0 Å². The molecule has 31 heteroatoms. The summed E-state index contributed by atoms with van der Waals surface area (Å²) in [6.45, 7) is -3.47. The first-order chi connectivity index (χ1) is 29.9. The van der Waals surface area contributed by atoms with Gasteiger partial charge in [0.2, 0.25) is 53.2 Å². The number of carbonyl (C=O) groups is 14. The number of amides is 9. The molecule has 0 radical (unpaired) electrons. The average molecular weight is 922 g/mol. The Labute approximate surface area is 360 Å². The van der Waals surface area contributed by atoms with Crippen LogP contribution in [0.15, 0.2) is 0 Å². The molecule has 19 N–H and O–H groups in total. The van der Waals surface area contributed by atoms with Crippen LogP contribution in [0.4, 0.5) is 0 Å². The molecule has 9 amide bonds. The van der Waals surface area contributed by atoms with Gasteiger partial charge in [0.05, 0.1) is 58.5 Å². The Hall–Kier alpha value is -7.54. The summed E-state index contributed by atoms with van der Waals surface area (Å²) in [5.74, 6) is -19.7. The molecule has 0 aliphatic heterocycles. The zero-order chi connectivity index (χ0) is 49.1. The standard InChI is InChI=1S/C33H51N11O20/c34-4-2-1-3-14(33(63)64)40-28(58)15(5-24(50)51)41-29(59)16(6-25(52)53)42-30(60)17(7-26(54)55)43-31(61)18(8-27(56)57)44-32(62)19(13-45)39-23(49)12-38-22(48)11-37-21(47)10-36-20(46)9-35/h14-19,45H,1-13,34-35H2,(H,36,46)(H,37,47)(H,38,48)(H,39,49)(H,40,58)(H,41,59)(H,42,60)(H,43,61)(H,44,62)(H,50,51)(H,52,53)(H,54,55)(H,56,57)(H,63,64)/t14-,15-,16-,17-,18-,19-/m0/s1. The second-order valence-corrected chi connectivity index (χ2v) is 13.2. The summed E-state index contributed by atoms with van der Waals surface area (Å²) in [7, 11) is 0. The van der Waals surface area contributed by atoms with Gasteiger partial charge in [-0.15, -0.1) is 0 Å². The maximum Gasteiger partial charge on any atom is 0.326 e. The zero-order valence-corrected chi connectivity index (χ0v) is 33.7. The van der Waals surface area contributed by atoms with Gasteiger partial charge >= 0.3 is 29.8 Å². The normalized spacial score (nSPS) is 13.3. The van der Waals surface area contributed by atoms with E-state index in [4.69, 9.17) is 11.5 Å². The predicted octanol–water partition coefficient (Wildman–Crippen LogP) is -9.69. The number of carboxylic acid groups (broad SMARTS) is 5. The van der Waals surface area contributed by atoms with E-state index < -0.39 is 178 Å². The first kappa shape index (κ1) is 56.5. The molecule has 31 nitrogen and oxygen atoms in total. The Kier molecular flexibility index (Phi) is 26.2. The monoisotopic (exact) mass is 921 g/mol. The zero-order valence-electron chi connectivity index (χ0n) is 33.7. The fraction of sp³-hybridized carbons (Fsp3) is 0.576. The van der Waals surface area contributed by atoms with Crippen LogP contribution in [0.25, 0.3) is 0 Å². The van der Waals surface area contributed by atoms with Gasteiger partial charge in [-0.05, 0) is 25.8 Å². The van der Waals surface area contributed by atoms with E-state index in [2.05, 4.69) is 10.6 Å². The molecule has 0 bridgehead atoms. The summed E-state index contributed by atoms with van der Waals surface area (Å²) in [5, 5.41) is 74.4. The quantitative estimate of drug-likeness (QED) is 0.0279. The molecular weight excluding hydrogens is 870 g/mol. The van der Waals surface area contributed by atoms with Gasteiger partial charge in [0.1, 0.15) is 36.3 Å². The van der Waals surface area contributed by atoms with Crippen molar-refractivity contribution in [3.8, 4) is 0 Å². The molecule has 0 aromatic rings. The van der Waals surface area contributed by atoms with Crippen LogP contribution >= 0.6 is 0 Å². The van der Waals surface area contributed by atoms with E-state index in [9.17, 15) is 97.8 Å². The summed E-state index contributed by atoms with van der Waals surface area (Å²) >= 11 is 0. The van der Waals surface area contributed by atoms with Crippen molar-refractivity contribution in [2.45, 2.75) is 81.2 Å². The lowest BCUT2D eigenvalue weighted by Crippen LogP contribution is -2.60. The van der Waals surface area contributed by atoms with E-state index in [1.54, 1.807) is 0 Å². The molecular formula is C33H51N11O20. The van der Waals surface area contributed by atoms with Crippen molar-refractivity contribution in [1.82, 2.24) is 47.9 Å². The lowest BCUT2D eigenvalue weighted by atomic mass is 10.1. The Morgan fingerprint density at radius 3 is 1.00 bits per heavy atom. The second-order valence-electron chi connectivity index (χ2n) is 13.2. The third-order valence-corrected chi connectivity index (χ3v) is 7.97. The maximum absolute atomic E-state index is 13.3. The SMILES string of the molecule is NCCCC[C@H](NC(=O)[C@H](CC(=O)O)NC(=O)[C@H](CC(=O)O)NC(=O)[C@H](CC(=O)O)NC(=O)[C@H](CC(=O)O)NC(=O)[C@H](CO)NC(=O)CNC(=O)CNC(=O)CNC(=O)CN)C(=O)O. The van der Waals surface area contributed by atoms with E-state index in [-0.39, 0.29) is 19.4 Å². The number of nitrogens with one attached hydrogen (secondary N) is 9. The number of rotatable bonds is 32. The van der Waals surface area contributed by atoms with Gasteiger partial charge in [-0.3, -0.25) is 62.3 Å². The molecule has 0 heterocycles. The summed E-state index contributed by atoms with van der Waals surface area (Å²) in [4.78, 5) is 171. The number of nitrogens with two attached hydrogens (primary N) is 2. The molecule has 0 aromatic heterocycles. The number of unbranched alkanes of at least 4 members (excludes halogenated alkanes) is 1. The highest BCUT2D eigenvalue weighted by molar-refractivity contribution is 6.00. The number of carboxylic acids is 5.